The molecular formula is C22H16BrFN2O3. The summed E-state index contributed by atoms with van der Waals surface area (Å²) in [5.41, 5.74) is 1.06. The number of hydrogen-bond acceptors (Lipinski definition) is 3. The summed E-state index contributed by atoms with van der Waals surface area (Å²) >= 11 is 3.16. The van der Waals surface area contributed by atoms with Crippen molar-refractivity contribution in [2.75, 3.05) is 11.9 Å². The van der Waals surface area contributed by atoms with Crippen LogP contribution in [0.4, 0.5) is 10.1 Å². The van der Waals surface area contributed by atoms with Gasteiger partial charge in [-0.05, 0) is 42.1 Å². The van der Waals surface area contributed by atoms with Crippen molar-refractivity contribution in [3.05, 3.63) is 76.0 Å². The minimum atomic E-state index is -0.543. The molecule has 0 saturated carbocycles. The zero-order valence-electron chi connectivity index (χ0n) is 15.2. The lowest BCUT2D eigenvalue weighted by molar-refractivity contribution is -0.116. The SMILES string of the molecule is O=C(CCCN1C(=O)c2cccc3cccc(c23)C1=O)Nc1ccc(Br)cc1F. The highest BCUT2D eigenvalue weighted by Gasteiger charge is 2.32. The Bertz CT molecular complexity index is 1110. The van der Waals surface area contributed by atoms with E-state index in [2.05, 4.69) is 21.2 Å². The van der Waals surface area contributed by atoms with Gasteiger partial charge >= 0.3 is 0 Å². The van der Waals surface area contributed by atoms with Crippen molar-refractivity contribution in [1.29, 1.82) is 0 Å². The smallest absolute Gasteiger partial charge is 0.261 e. The molecule has 0 aliphatic carbocycles. The lowest BCUT2D eigenvalue weighted by atomic mass is 9.94. The molecule has 1 heterocycles. The van der Waals surface area contributed by atoms with Gasteiger partial charge in [0, 0.05) is 34.0 Å². The fourth-order valence-corrected chi connectivity index (χ4v) is 3.82. The van der Waals surface area contributed by atoms with Gasteiger partial charge < -0.3 is 5.32 Å². The largest absolute Gasteiger partial charge is 0.324 e. The van der Waals surface area contributed by atoms with Gasteiger partial charge in [-0.3, -0.25) is 19.3 Å². The summed E-state index contributed by atoms with van der Waals surface area (Å²) in [6.45, 7) is 0.110. The maximum atomic E-state index is 13.8. The first-order chi connectivity index (χ1) is 14.0. The van der Waals surface area contributed by atoms with Crippen LogP contribution >= 0.6 is 15.9 Å². The minimum absolute atomic E-state index is 0.0540. The lowest BCUT2D eigenvalue weighted by Gasteiger charge is -2.27. The van der Waals surface area contributed by atoms with Gasteiger partial charge in [-0.2, -0.15) is 0 Å². The molecule has 0 spiro atoms. The van der Waals surface area contributed by atoms with Crippen molar-refractivity contribution in [2.45, 2.75) is 12.8 Å². The Labute approximate surface area is 174 Å². The Hall–Kier alpha value is -3.06. The van der Waals surface area contributed by atoms with Crippen LogP contribution < -0.4 is 5.32 Å². The van der Waals surface area contributed by atoms with Crippen LogP contribution in [0, 0.1) is 5.82 Å². The molecule has 1 aliphatic heterocycles. The molecule has 4 rings (SSSR count). The van der Waals surface area contributed by atoms with E-state index in [0.29, 0.717) is 21.0 Å². The molecule has 7 heteroatoms. The van der Waals surface area contributed by atoms with Gasteiger partial charge in [0.15, 0.2) is 0 Å². The Balaban J connectivity index is 1.43. The molecule has 1 N–H and O–H groups in total. The van der Waals surface area contributed by atoms with E-state index in [-0.39, 0.29) is 42.8 Å². The van der Waals surface area contributed by atoms with E-state index in [1.54, 1.807) is 30.3 Å². The summed E-state index contributed by atoms with van der Waals surface area (Å²) in [7, 11) is 0. The van der Waals surface area contributed by atoms with Crippen LogP contribution in [0.1, 0.15) is 33.6 Å². The molecule has 5 nitrogen and oxygen atoms in total. The van der Waals surface area contributed by atoms with Gasteiger partial charge in [0.05, 0.1) is 5.69 Å². The fourth-order valence-electron chi connectivity index (χ4n) is 3.48. The Kier molecular flexibility index (Phi) is 5.15. The Morgan fingerprint density at radius 1 is 1.00 bits per heavy atom. The van der Waals surface area contributed by atoms with Crippen molar-refractivity contribution >= 4 is 50.1 Å². The normalized spacial score (nSPS) is 13.1. The minimum Gasteiger partial charge on any atom is -0.324 e. The zero-order chi connectivity index (χ0) is 20.5. The number of carbonyl (C=O) groups is 3. The third-order valence-corrected chi connectivity index (χ3v) is 5.34. The average molecular weight is 455 g/mol. The van der Waals surface area contributed by atoms with Gasteiger partial charge in [0.2, 0.25) is 5.91 Å². The van der Waals surface area contributed by atoms with Gasteiger partial charge in [-0.25, -0.2) is 4.39 Å². The van der Waals surface area contributed by atoms with Gasteiger partial charge in [-0.1, -0.05) is 40.2 Å². The zero-order valence-corrected chi connectivity index (χ0v) is 16.8. The van der Waals surface area contributed by atoms with E-state index in [4.69, 9.17) is 0 Å². The van der Waals surface area contributed by atoms with Crippen molar-refractivity contribution in [2.24, 2.45) is 0 Å². The van der Waals surface area contributed by atoms with E-state index in [1.165, 1.54) is 17.0 Å². The number of benzene rings is 3. The first-order valence-electron chi connectivity index (χ1n) is 9.08. The number of rotatable bonds is 5. The van der Waals surface area contributed by atoms with Gasteiger partial charge in [0.1, 0.15) is 5.82 Å². The number of halogens is 2. The molecular weight excluding hydrogens is 439 g/mol. The number of anilines is 1. The van der Waals surface area contributed by atoms with E-state index in [0.717, 1.165) is 5.39 Å². The number of carbonyl (C=O) groups excluding carboxylic acids is 3. The van der Waals surface area contributed by atoms with Crippen LogP contribution in [0.25, 0.3) is 10.8 Å². The number of imide groups is 1. The summed E-state index contributed by atoms with van der Waals surface area (Å²) < 4.78 is 14.4. The molecule has 0 bridgehead atoms. The van der Waals surface area contributed by atoms with E-state index >= 15 is 0 Å². The maximum absolute atomic E-state index is 13.8. The van der Waals surface area contributed by atoms with Crippen molar-refractivity contribution in [3.8, 4) is 0 Å². The summed E-state index contributed by atoms with van der Waals surface area (Å²) in [5, 5.41) is 4.02. The summed E-state index contributed by atoms with van der Waals surface area (Å²) in [6, 6.07) is 15.1. The third-order valence-electron chi connectivity index (χ3n) is 4.85. The third kappa shape index (κ3) is 3.65. The molecule has 1 aliphatic rings. The predicted molar refractivity (Wildman–Crippen MR) is 111 cm³/mol. The van der Waals surface area contributed by atoms with Crippen LogP contribution in [-0.2, 0) is 4.79 Å². The number of nitrogens with one attached hydrogen (secondary N) is 1. The summed E-state index contributed by atoms with van der Waals surface area (Å²) in [5.74, 6) is -1.65. The molecule has 146 valence electrons. The molecule has 3 amide bonds. The maximum Gasteiger partial charge on any atom is 0.261 e. The fraction of sp³-hybridized carbons (Fsp3) is 0.136. The van der Waals surface area contributed by atoms with Crippen LogP contribution in [0.3, 0.4) is 0 Å². The van der Waals surface area contributed by atoms with E-state index in [9.17, 15) is 18.8 Å². The molecule has 0 unspecified atom stereocenters. The quantitative estimate of drug-likeness (QED) is 0.565. The molecule has 0 atom stereocenters. The molecule has 0 fully saturated rings. The standard InChI is InChI=1S/C22H16BrFN2O3/c23-14-9-10-18(17(24)12-14)25-19(27)8-3-11-26-21(28)15-6-1-4-13-5-2-7-16(20(13)15)22(26)29/h1-2,4-7,9-10,12H,3,8,11H2,(H,25,27). The second kappa shape index (κ2) is 7.75. The number of amides is 3. The average Bonchev–Trinajstić information content (AvgIpc) is 2.70. The van der Waals surface area contributed by atoms with Crippen LogP contribution in [0.5, 0.6) is 0 Å². The Morgan fingerprint density at radius 2 is 1.66 bits per heavy atom. The Morgan fingerprint density at radius 3 is 2.28 bits per heavy atom. The van der Waals surface area contributed by atoms with Gasteiger partial charge in [-0.15, -0.1) is 0 Å². The van der Waals surface area contributed by atoms with Crippen LogP contribution in [0.15, 0.2) is 59.1 Å². The second-order valence-electron chi connectivity index (χ2n) is 6.75. The molecule has 0 aromatic heterocycles. The van der Waals surface area contributed by atoms with Crippen molar-refractivity contribution < 1.29 is 18.8 Å². The molecule has 3 aromatic carbocycles. The van der Waals surface area contributed by atoms with Crippen molar-refractivity contribution in [3.63, 3.8) is 0 Å². The molecule has 29 heavy (non-hydrogen) atoms. The van der Waals surface area contributed by atoms with Crippen LogP contribution in [0.2, 0.25) is 0 Å². The number of hydrogen-bond donors (Lipinski definition) is 1. The lowest BCUT2D eigenvalue weighted by Crippen LogP contribution is -2.41. The summed E-state index contributed by atoms with van der Waals surface area (Å²) in [4.78, 5) is 38.9. The topological polar surface area (TPSA) is 66.5 Å². The highest BCUT2D eigenvalue weighted by atomic mass is 79.9. The molecule has 3 aromatic rings. The van der Waals surface area contributed by atoms with E-state index < -0.39 is 5.82 Å². The number of nitrogens with zero attached hydrogens (tertiary/aromatic N) is 1. The summed E-state index contributed by atoms with van der Waals surface area (Å²) in [6.07, 6.45) is 0.331. The van der Waals surface area contributed by atoms with Gasteiger partial charge in [0.25, 0.3) is 11.8 Å². The highest BCUT2D eigenvalue weighted by Crippen LogP contribution is 2.30. The van der Waals surface area contributed by atoms with Crippen molar-refractivity contribution in [1.82, 2.24) is 4.90 Å². The first-order valence-corrected chi connectivity index (χ1v) is 9.88. The predicted octanol–water partition coefficient (Wildman–Crippen LogP) is 4.76. The van der Waals surface area contributed by atoms with Crippen LogP contribution in [-0.4, -0.2) is 29.2 Å². The highest BCUT2D eigenvalue weighted by molar-refractivity contribution is 9.10. The van der Waals surface area contributed by atoms with E-state index in [1.807, 2.05) is 12.1 Å². The molecule has 0 saturated heterocycles. The second-order valence-corrected chi connectivity index (χ2v) is 7.66. The monoisotopic (exact) mass is 454 g/mol. The first kappa shape index (κ1) is 19.3. The molecule has 0 radical (unpaired) electrons.